The predicted molar refractivity (Wildman–Crippen MR) is 89.3 cm³/mol. The van der Waals surface area contributed by atoms with Gasteiger partial charge in [0.25, 0.3) is 0 Å². The molecule has 118 valence electrons. The lowest BCUT2D eigenvalue weighted by Crippen LogP contribution is -2.27. The summed E-state index contributed by atoms with van der Waals surface area (Å²) in [6.07, 6.45) is 6.56. The summed E-state index contributed by atoms with van der Waals surface area (Å²) in [5.74, 6) is 3.22. The third-order valence-corrected chi connectivity index (χ3v) is 3.26. The summed E-state index contributed by atoms with van der Waals surface area (Å²) in [6.45, 7) is 1.08. The van der Waals surface area contributed by atoms with Gasteiger partial charge in [0.15, 0.2) is 6.29 Å². The summed E-state index contributed by atoms with van der Waals surface area (Å²) in [4.78, 5) is 21.5. The van der Waals surface area contributed by atoms with Gasteiger partial charge in [-0.05, 0) is 5.56 Å². The molecule has 0 aliphatic heterocycles. The zero-order chi connectivity index (χ0) is 16.7. The van der Waals surface area contributed by atoms with E-state index in [1.807, 2.05) is 35.2 Å². The lowest BCUT2D eigenvalue weighted by Gasteiger charge is -2.25. The van der Waals surface area contributed by atoms with Crippen molar-refractivity contribution in [2.45, 2.75) is 13.0 Å². The number of aldehydes is 1. The quantitative estimate of drug-likeness (QED) is 0.621. The number of hydrogen-bond acceptors (Lipinski definition) is 6. The summed E-state index contributed by atoms with van der Waals surface area (Å²) in [7, 11) is 1.43. The number of benzene rings is 1. The Kier molecular flexibility index (Phi) is 5.53. The molecule has 0 saturated heterocycles. The zero-order valence-electron chi connectivity index (χ0n) is 12.9. The van der Waals surface area contributed by atoms with Gasteiger partial charge >= 0.3 is 0 Å². The van der Waals surface area contributed by atoms with Gasteiger partial charge in [-0.25, -0.2) is 0 Å². The minimum atomic E-state index is 0.0428. The van der Waals surface area contributed by atoms with E-state index in [4.69, 9.17) is 16.9 Å². The summed E-state index contributed by atoms with van der Waals surface area (Å²) in [5.41, 5.74) is 7.06. The molecule has 0 amide bonds. The molecule has 0 unspecified atom stereocenters. The van der Waals surface area contributed by atoms with Crippen molar-refractivity contribution in [3.05, 3.63) is 41.5 Å². The standard InChI is InChI=1S/C17H18N4O2/c1-3-4-10-21(11-13-8-6-5-7-9-13)15-14(12-22)16(23-2)20-17(18)19-15/h1,5-9,12H,4,10-11H2,2H3,(H2,18,19,20). The van der Waals surface area contributed by atoms with Crippen LogP contribution in [-0.2, 0) is 6.54 Å². The number of hydrogen-bond donors (Lipinski definition) is 1. The molecule has 0 atom stereocenters. The summed E-state index contributed by atoms with van der Waals surface area (Å²) >= 11 is 0. The van der Waals surface area contributed by atoms with E-state index >= 15 is 0 Å². The number of methoxy groups -OCH3 is 1. The molecule has 1 aromatic carbocycles. The smallest absolute Gasteiger partial charge is 0.230 e. The second-order valence-corrected chi connectivity index (χ2v) is 4.81. The van der Waals surface area contributed by atoms with E-state index < -0.39 is 0 Å². The first-order valence-electron chi connectivity index (χ1n) is 7.08. The van der Waals surface area contributed by atoms with Crippen LogP contribution in [0.2, 0.25) is 0 Å². The van der Waals surface area contributed by atoms with Gasteiger partial charge in [-0.2, -0.15) is 9.97 Å². The molecule has 1 heterocycles. The Morgan fingerprint density at radius 1 is 1.35 bits per heavy atom. The van der Waals surface area contributed by atoms with Gasteiger partial charge in [-0.3, -0.25) is 4.79 Å². The highest BCUT2D eigenvalue weighted by Gasteiger charge is 2.19. The monoisotopic (exact) mass is 310 g/mol. The second kappa shape index (κ2) is 7.80. The fraction of sp³-hybridized carbons (Fsp3) is 0.235. The maximum Gasteiger partial charge on any atom is 0.230 e. The van der Waals surface area contributed by atoms with Crippen molar-refractivity contribution in [3.8, 4) is 18.2 Å². The van der Waals surface area contributed by atoms with Crippen molar-refractivity contribution in [1.29, 1.82) is 0 Å². The lowest BCUT2D eigenvalue weighted by molar-refractivity contribution is 0.112. The van der Waals surface area contributed by atoms with E-state index in [0.29, 0.717) is 31.6 Å². The van der Waals surface area contributed by atoms with Crippen molar-refractivity contribution < 1.29 is 9.53 Å². The number of carbonyl (C=O) groups excluding carboxylic acids is 1. The molecule has 0 aliphatic carbocycles. The molecular weight excluding hydrogens is 292 g/mol. The number of aromatic nitrogens is 2. The first-order chi connectivity index (χ1) is 11.2. The number of terminal acetylenes is 1. The molecule has 2 rings (SSSR count). The van der Waals surface area contributed by atoms with Gasteiger partial charge < -0.3 is 15.4 Å². The van der Waals surface area contributed by atoms with Crippen LogP contribution in [0.15, 0.2) is 30.3 Å². The first kappa shape index (κ1) is 16.3. The van der Waals surface area contributed by atoms with Gasteiger partial charge in [0.1, 0.15) is 11.4 Å². The van der Waals surface area contributed by atoms with E-state index in [-0.39, 0.29) is 17.4 Å². The van der Waals surface area contributed by atoms with Gasteiger partial charge in [0, 0.05) is 19.5 Å². The second-order valence-electron chi connectivity index (χ2n) is 4.81. The summed E-state index contributed by atoms with van der Waals surface area (Å²) in [5, 5.41) is 0. The fourth-order valence-corrected chi connectivity index (χ4v) is 2.22. The Balaban J connectivity index is 2.44. The van der Waals surface area contributed by atoms with Gasteiger partial charge in [-0.1, -0.05) is 30.3 Å². The maximum absolute atomic E-state index is 11.5. The van der Waals surface area contributed by atoms with Crippen LogP contribution >= 0.6 is 0 Å². The zero-order valence-corrected chi connectivity index (χ0v) is 12.9. The van der Waals surface area contributed by atoms with Crippen molar-refractivity contribution in [3.63, 3.8) is 0 Å². The third kappa shape index (κ3) is 3.98. The SMILES string of the molecule is C#CCCN(Cc1ccccc1)c1nc(N)nc(OC)c1C=O. The normalized spacial score (nSPS) is 9.91. The molecule has 0 radical (unpaired) electrons. The third-order valence-electron chi connectivity index (χ3n) is 3.26. The van der Waals surface area contributed by atoms with Crippen LogP contribution in [0, 0.1) is 12.3 Å². The number of ether oxygens (including phenoxy) is 1. The van der Waals surface area contributed by atoms with Crippen LogP contribution in [0.4, 0.5) is 11.8 Å². The van der Waals surface area contributed by atoms with Crippen LogP contribution in [0.3, 0.4) is 0 Å². The summed E-state index contributed by atoms with van der Waals surface area (Å²) in [6, 6.07) is 9.82. The minimum absolute atomic E-state index is 0.0428. The predicted octanol–water partition coefficient (Wildman–Crippen LogP) is 1.91. The van der Waals surface area contributed by atoms with Crippen LogP contribution in [-0.4, -0.2) is 29.9 Å². The van der Waals surface area contributed by atoms with Crippen LogP contribution in [0.25, 0.3) is 0 Å². The molecule has 2 aromatic rings. The molecule has 23 heavy (non-hydrogen) atoms. The van der Waals surface area contributed by atoms with E-state index in [9.17, 15) is 4.79 Å². The van der Waals surface area contributed by atoms with E-state index in [0.717, 1.165) is 5.56 Å². The number of rotatable bonds is 7. The van der Waals surface area contributed by atoms with Crippen LogP contribution in [0.5, 0.6) is 5.88 Å². The highest BCUT2D eigenvalue weighted by molar-refractivity contribution is 5.86. The number of nitrogens with two attached hydrogens (primary N) is 1. The number of carbonyl (C=O) groups is 1. The molecule has 0 fully saturated rings. The highest BCUT2D eigenvalue weighted by atomic mass is 16.5. The molecule has 0 aliphatic rings. The van der Waals surface area contributed by atoms with Crippen molar-refractivity contribution in [2.75, 3.05) is 24.3 Å². The summed E-state index contributed by atoms with van der Waals surface area (Å²) < 4.78 is 5.13. The molecule has 6 heteroatoms. The average molecular weight is 310 g/mol. The molecule has 1 aromatic heterocycles. The number of anilines is 2. The lowest BCUT2D eigenvalue weighted by atomic mass is 10.2. The Bertz CT molecular complexity index is 711. The van der Waals surface area contributed by atoms with Gasteiger partial charge in [0.05, 0.1) is 7.11 Å². The van der Waals surface area contributed by atoms with Crippen molar-refractivity contribution >= 4 is 18.1 Å². The van der Waals surface area contributed by atoms with E-state index in [1.54, 1.807) is 0 Å². The highest BCUT2D eigenvalue weighted by Crippen LogP contribution is 2.26. The molecular formula is C17H18N4O2. The largest absolute Gasteiger partial charge is 0.480 e. The molecule has 0 saturated carbocycles. The Labute approximate surface area is 135 Å². The topological polar surface area (TPSA) is 81.3 Å². The van der Waals surface area contributed by atoms with Crippen LogP contribution in [0.1, 0.15) is 22.3 Å². The molecule has 6 nitrogen and oxygen atoms in total. The molecule has 2 N–H and O–H groups in total. The van der Waals surface area contributed by atoms with Crippen molar-refractivity contribution in [1.82, 2.24) is 9.97 Å². The first-order valence-corrected chi connectivity index (χ1v) is 7.08. The molecule has 0 spiro atoms. The Morgan fingerprint density at radius 3 is 2.70 bits per heavy atom. The van der Waals surface area contributed by atoms with Crippen molar-refractivity contribution in [2.24, 2.45) is 0 Å². The van der Waals surface area contributed by atoms with E-state index in [1.165, 1.54) is 7.11 Å². The maximum atomic E-state index is 11.5. The molecule has 0 bridgehead atoms. The number of nitrogens with zero attached hydrogens (tertiary/aromatic N) is 3. The van der Waals surface area contributed by atoms with E-state index in [2.05, 4.69) is 15.9 Å². The minimum Gasteiger partial charge on any atom is -0.480 e. The number of nitrogen functional groups attached to an aromatic ring is 1. The Morgan fingerprint density at radius 2 is 2.09 bits per heavy atom. The van der Waals surface area contributed by atoms with Crippen LogP contribution < -0.4 is 15.4 Å². The Hall–Kier alpha value is -3.07. The average Bonchev–Trinajstić information content (AvgIpc) is 2.58. The fourth-order valence-electron chi connectivity index (χ4n) is 2.22. The van der Waals surface area contributed by atoms with Gasteiger partial charge in [0.2, 0.25) is 11.8 Å². The van der Waals surface area contributed by atoms with Gasteiger partial charge in [-0.15, -0.1) is 12.3 Å².